The number of allylic oxidation sites excluding steroid dienone is 2. The standard InChI is InChI=1S/C15H11F5N2O/c16-10-4-3-9(11(17)6-10)8-22-12(13-2-1-5-23-13)7-14(21)15(18,19)20/h1-7H,8,21H2/b14-7-,22-12?. The highest BCUT2D eigenvalue weighted by Gasteiger charge is 2.32. The number of benzene rings is 1. The van der Waals surface area contributed by atoms with Crippen molar-refractivity contribution in [3.8, 4) is 0 Å². The van der Waals surface area contributed by atoms with E-state index in [4.69, 9.17) is 10.2 Å². The van der Waals surface area contributed by atoms with Crippen LogP contribution in [0.2, 0.25) is 0 Å². The molecule has 0 atom stereocenters. The minimum Gasteiger partial charge on any atom is -0.463 e. The first-order chi connectivity index (χ1) is 10.8. The van der Waals surface area contributed by atoms with Crippen molar-refractivity contribution in [1.29, 1.82) is 0 Å². The van der Waals surface area contributed by atoms with Crippen LogP contribution in [-0.4, -0.2) is 11.9 Å². The Hall–Kier alpha value is -2.64. The molecule has 2 rings (SSSR count). The van der Waals surface area contributed by atoms with Crippen molar-refractivity contribution in [2.45, 2.75) is 12.7 Å². The zero-order valence-corrected chi connectivity index (χ0v) is 11.6. The predicted molar refractivity (Wildman–Crippen MR) is 73.6 cm³/mol. The third-order valence-electron chi connectivity index (χ3n) is 2.83. The van der Waals surface area contributed by atoms with Gasteiger partial charge < -0.3 is 10.2 Å². The lowest BCUT2D eigenvalue weighted by Crippen LogP contribution is -2.20. The Balaban J connectivity index is 2.34. The molecule has 0 aliphatic carbocycles. The molecule has 0 fully saturated rings. The van der Waals surface area contributed by atoms with E-state index in [0.717, 1.165) is 12.1 Å². The van der Waals surface area contributed by atoms with Crippen LogP contribution in [0.5, 0.6) is 0 Å². The van der Waals surface area contributed by atoms with Gasteiger partial charge in [0.25, 0.3) is 0 Å². The van der Waals surface area contributed by atoms with Crippen LogP contribution in [0.25, 0.3) is 0 Å². The van der Waals surface area contributed by atoms with Crippen LogP contribution in [0.15, 0.2) is 57.8 Å². The van der Waals surface area contributed by atoms with Gasteiger partial charge in [-0.3, -0.25) is 4.99 Å². The second-order valence-corrected chi connectivity index (χ2v) is 4.51. The van der Waals surface area contributed by atoms with E-state index in [-0.39, 0.29) is 23.6 Å². The average Bonchev–Trinajstić information content (AvgIpc) is 2.97. The summed E-state index contributed by atoms with van der Waals surface area (Å²) >= 11 is 0. The van der Waals surface area contributed by atoms with Gasteiger partial charge in [-0.25, -0.2) is 8.78 Å². The van der Waals surface area contributed by atoms with Gasteiger partial charge in [0.1, 0.15) is 23.0 Å². The van der Waals surface area contributed by atoms with Gasteiger partial charge in [0.2, 0.25) is 0 Å². The van der Waals surface area contributed by atoms with Gasteiger partial charge in [-0.15, -0.1) is 0 Å². The molecule has 2 aromatic rings. The van der Waals surface area contributed by atoms with E-state index in [0.29, 0.717) is 12.1 Å². The third-order valence-corrected chi connectivity index (χ3v) is 2.83. The Morgan fingerprint density at radius 1 is 1.22 bits per heavy atom. The number of nitrogens with two attached hydrogens (primary N) is 1. The molecule has 0 radical (unpaired) electrons. The fourth-order valence-electron chi connectivity index (χ4n) is 1.67. The number of aliphatic imine (C=N–C) groups is 1. The first-order valence-corrected chi connectivity index (χ1v) is 6.34. The summed E-state index contributed by atoms with van der Waals surface area (Å²) in [6, 6.07) is 5.70. The Kier molecular flexibility index (Phi) is 4.83. The maximum Gasteiger partial charge on any atom is 0.430 e. The zero-order valence-electron chi connectivity index (χ0n) is 11.6. The van der Waals surface area contributed by atoms with E-state index in [1.165, 1.54) is 18.4 Å². The number of halogens is 5. The number of rotatable bonds is 4. The average molecular weight is 330 g/mol. The van der Waals surface area contributed by atoms with Gasteiger partial charge in [-0.2, -0.15) is 13.2 Å². The van der Waals surface area contributed by atoms with Gasteiger partial charge in [0, 0.05) is 11.6 Å². The minimum absolute atomic E-state index is 0.0226. The van der Waals surface area contributed by atoms with E-state index in [1.54, 1.807) is 0 Å². The molecule has 23 heavy (non-hydrogen) atoms. The Labute approximate surface area is 127 Å². The van der Waals surface area contributed by atoms with Crippen molar-refractivity contribution in [2.24, 2.45) is 10.7 Å². The fourth-order valence-corrected chi connectivity index (χ4v) is 1.67. The Morgan fingerprint density at radius 2 is 1.96 bits per heavy atom. The molecule has 0 spiro atoms. The highest BCUT2D eigenvalue weighted by Crippen LogP contribution is 2.22. The van der Waals surface area contributed by atoms with Gasteiger partial charge in [-0.05, 0) is 24.3 Å². The summed E-state index contributed by atoms with van der Waals surface area (Å²) in [5, 5.41) is 0. The number of alkyl halides is 3. The molecular weight excluding hydrogens is 319 g/mol. The molecule has 0 saturated carbocycles. The summed E-state index contributed by atoms with van der Waals surface area (Å²) in [5.41, 5.74) is 3.42. The van der Waals surface area contributed by atoms with Crippen LogP contribution < -0.4 is 5.73 Å². The van der Waals surface area contributed by atoms with E-state index in [2.05, 4.69) is 4.99 Å². The summed E-state index contributed by atoms with van der Waals surface area (Å²) in [6.07, 6.45) is -2.88. The summed E-state index contributed by atoms with van der Waals surface area (Å²) in [5.74, 6) is -1.57. The van der Waals surface area contributed by atoms with E-state index in [1.807, 2.05) is 0 Å². The monoisotopic (exact) mass is 330 g/mol. The summed E-state index contributed by atoms with van der Waals surface area (Å²) in [6.45, 7) is -0.302. The topological polar surface area (TPSA) is 51.5 Å². The lowest BCUT2D eigenvalue weighted by Gasteiger charge is -2.07. The van der Waals surface area contributed by atoms with Crippen molar-refractivity contribution in [3.63, 3.8) is 0 Å². The van der Waals surface area contributed by atoms with Crippen molar-refractivity contribution >= 4 is 5.71 Å². The summed E-state index contributed by atoms with van der Waals surface area (Å²) < 4.78 is 69.0. The summed E-state index contributed by atoms with van der Waals surface area (Å²) in [7, 11) is 0. The molecule has 3 nitrogen and oxygen atoms in total. The second-order valence-electron chi connectivity index (χ2n) is 4.51. The van der Waals surface area contributed by atoms with Crippen molar-refractivity contribution < 1.29 is 26.4 Å². The normalized spacial score (nSPS) is 13.4. The van der Waals surface area contributed by atoms with Gasteiger partial charge >= 0.3 is 6.18 Å². The molecule has 0 amide bonds. The van der Waals surface area contributed by atoms with Crippen molar-refractivity contribution in [2.75, 3.05) is 0 Å². The Morgan fingerprint density at radius 3 is 2.52 bits per heavy atom. The van der Waals surface area contributed by atoms with Crippen molar-refractivity contribution in [3.05, 3.63) is 71.3 Å². The molecule has 2 N–H and O–H groups in total. The zero-order chi connectivity index (χ0) is 17.0. The minimum atomic E-state index is -4.73. The molecule has 0 saturated heterocycles. The fraction of sp³-hybridized carbons (Fsp3) is 0.133. The molecule has 1 heterocycles. The molecule has 0 aliphatic rings. The molecule has 122 valence electrons. The number of furan rings is 1. The maximum atomic E-state index is 13.5. The molecule has 1 aromatic heterocycles. The number of nitrogens with zero attached hydrogens (tertiary/aromatic N) is 1. The molecule has 1 aromatic carbocycles. The quantitative estimate of drug-likeness (QED) is 0.682. The molecule has 0 unspecified atom stereocenters. The maximum absolute atomic E-state index is 13.5. The summed E-state index contributed by atoms with van der Waals surface area (Å²) in [4.78, 5) is 3.88. The molecule has 0 aliphatic heterocycles. The second kappa shape index (κ2) is 6.64. The van der Waals surface area contributed by atoms with Crippen LogP contribution in [-0.2, 0) is 6.54 Å². The highest BCUT2D eigenvalue weighted by atomic mass is 19.4. The van der Waals surface area contributed by atoms with Gasteiger partial charge in [0.15, 0.2) is 5.76 Å². The van der Waals surface area contributed by atoms with Gasteiger partial charge in [0.05, 0.1) is 12.8 Å². The van der Waals surface area contributed by atoms with Gasteiger partial charge in [-0.1, -0.05) is 6.07 Å². The van der Waals surface area contributed by atoms with Crippen LogP contribution in [0.1, 0.15) is 11.3 Å². The van der Waals surface area contributed by atoms with E-state index < -0.39 is 23.5 Å². The largest absolute Gasteiger partial charge is 0.463 e. The molecule has 8 heteroatoms. The van der Waals surface area contributed by atoms with Crippen LogP contribution in [0.3, 0.4) is 0 Å². The molecule has 0 bridgehead atoms. The van der Waals surface area contributed by atoms with Crippen LogP contribution in [0.4, 0.5) is 22.0 Å². The van der Waals surface area contributed by atoms with E-state index in [9.17, 15) is 22.0 Å². The lowest BCUT2D eigenvalue weighted by molar-refractivity contribution is -0.0925. The first-order valence-electron chi connectivity index (χ1n) is 6.34. The third kappa shape index (κ3) is 4.41. The van der Waals surface area contributed by atoms with Crippen LogP contribution in [0, 0.1) is 11.6 Å². The van der Waals surface area contributed by atoms with Crippen LogP contribution >= 0.6 is 0 Å². The van der Waals surface area contributed by atoms with E-state index >= 15 is 0 Å². The number of hydrogen-bond acceptors (Lipinski definition) is 3. The predicted octanol–water partition coefficient (Wildman–Crippen LogP) is 3.95. The lowest BCUT2D eigenvalue weighted by atomic mass is 10.2. The highest BCUT2D eigenvalue weighted by molar-refractivity contribution is 6.07. The Bertz CT molecular complexity index is 733. The SMILES string of the molecule is N/C(=C\C(=NCc1ccc(F)cc1F)c1ccco1)C(F)(F)F. The number of hydrogen-bond donors (Lipinski definition) is 1. The smallest absolute Gasteiger partial charge is 0.430 e. The molecular formula is C15H11F5N2O. The first kappa shape index (κ1) is 16.7. The van der Waals surface area contributed by atoms with Crippen molar-refractivity contribution in [1.82, 2.24) is 0 Å².